The molecule has 1 aliphatic heterocycles. The number of rotatable bonds is 5. The third kappa shape index (κ3) is 3.98. The molecule has 7 rings (SSSR count). The van der Waals surface area contributed by atoms with Crippen molar-refractivity contribution in [3.63, 3.8) is 0 Å². The molecule has 7 heterocycles. The summed E-state index contributed by atoms with van der Waals surface area (Å²) in [5, 5.41) is 9.68. The van der Waals surface area contributed by atoms with Gasteiger partial charge in [-0.2, -0.15) is 5.10 Å². The third-order valence-electron chi connectivity index (χ3n) is 6.87. The largest absolute Gasteiger partial charge is 0.335 e. The first-order valence-corrected chi connectivity index (χ1v) is 13.2. The molecule has 8 nitrogen and oxygen atoms in total. The molecule has 10 heteroatoms. The van der Waals surface area contributed by atoms with Gasteiger partial charge in [-0.3, -0.25) is 25.0 Å². The van der Waals surface area contributed by atoms with E-state index in [1.54, 1.807) is 36.1 Å². The Morgan fingerprint density at radius 2 is 1.86 bits per heavy atom. The number of aromatic amines is 2. The van der Waals surface area contributed by atoms with Crippen molar-refractivity contribution in [3.8, 4) is 33.2 Å². The highest BCUT2D eigenvalue weighted by Gasteiger charge is 2.22. The SMILES string of the molecule is Fc1c(-c2cncc(CN3CCCCC3)c2)ncc2[nH]nc(-c3nc4c(-c5cccs5)cncc4[nH]3)c12. The molecule has 0 unspecified atom stereocenters. The van der Waals surface area contributed by atoms with Crippen LogP contribution in [0, 0.1) is 5.82 Å². The summed E-state index contributed by atoms with van der Waals surface area (Å²) < 4.78 is 16.1. The Bertz CT molecular complexity index is 1720. The van der Waals surface area contributed by atoms with Crippen molar-refractivity contribution in [3.05, 3.63) is 65.9 Å². The van der Waals surface area contributed by atoms with Crippen LogP contribution in [-0.2, 0) is 6.54 Å². The van der Waals surface area contributed by atoms with Crippen LogP contribution in [0.15, 0.2) is 54.6 Å². The Labute approximate surface area is 215 Å². The van der Waals surface area contributed by atoms with Crippen molar-refractivity contribution in [2.45, 2.75) is 25.8 Å². The van der Waals surface area contributed by atoms with Crippen molar-refractivity contribution >= 4 is 33.3 Å². The van der Waals surface area contributed by atoms with Gasteiger partial charge < -0.3 is 4.98 Å². The molecule has 2 N–H and O–H groups in total. The summed E-state index contributed by atoms with van der Waals surface area (Å²) in [6.45, 7) is 2.98. The summed E-state index contributed by atoms with van der Waals surface area (Å²) in [6, 6.07) is 6.01. The van der Waals surface area contributed by atoms with E-state index in [1.165, 1.54) is 19.3 Å². The minimum Gasteiger partial charge on any atom is -0.335 e. The number of halogens is 1. The Kier molecular flexibility index (Phi) is 5.48. The van der Waals surface area contributed by atoms with Gasteiger partial charge in [0.05, 0.1) is 28.8 Å². The first-order chi connectivity index (χ1) is 18.2. The number of hydrogen-bond donors (Lipinski definition) is 2. The quantitative estimate of drug-likeness (QED) is 0.304. The highest BCUT2D eigenvalue weighted by atomic mass is 32.1. The van der Waals surface area contributed by atoms with Gasteiger partial charge in [-0.1, -0.05) is 12.5 Å². The second kappa shape index (κ2) is 9.13. The minimum atomic E-state index is -0.449. The number of H-pyrrole nitrogens is 2. The first-order valence-electron chi connectivity index (χ1n) is 12.3. The van der Waals surface area contributed by atoms with Crippen molar-refractivity contribution < 1.29 is 4.39 Å². The molecule has 0 amide bonds. The molecule has 37 heavy (non-hydrogen) atoms. The van der Waals surface area contributed by atoms with Gasteiger partial charge >= 0.3 is 0 Å². The number of fused-ring (bicyclic) bond motifs is 2. The maximum atomic E-state index is 16.1. The summed E-state index contributed by atoms with van der Waals surface area (Å²) in [6.07, 6.45) is 12.4. The van der Waals surface area contributed by atoms with E-state index >= 15 is 4.39 Å². The van der Waals surface area contributed by atoms with Crippen molar-refractivity contribution in [2.24, 2.45) is 0 Å². The Hall–Kier alpha value is -4.02. The minimum absolute atomic E-state index is 0.250. The number of imidazole rings is 1. The molecule has 0 bridgehead atoms. The molecule has 6 aromatic rings. The van der Waals surface area contributed by atoms with E-state index in [0.717, 1.165) is 46.7 Å². The molecule has 0 aliphatic carbocycles. The Morgan fingerprint density at radius 3 is 2.73 bits per heavy atom. The molecule has 6 aromatic heterocycles. The summed E-state index contributed by atoms with van der Waals surface area (Å²) in [7, 11) is 0. The van der Waals surface area contributed by atoms with Crippen LogP contribution in [0.2, 0.25) is 0 Å². The number of nitrogens with one attached hydrogen (secondary N) is 2. The topological polar surface area (TPSA) is 99.3 Å². The van der Waals surface area contributed by atoms with E-state index < -0.39 is 5.82 Å². The summed E-state index contributed by atoms with van der Waals surface area (Å²) in [4.78, 5) is 24.8. The van der Waals surface area contributed by atoms with E-state index in [0.29, 0.717) is 28.0 Å². The van der Waals surface area contributed by atoms with Crippen LogP contribution in [0.25, 0.3) is 55.2 Å². The fourth-order valence-electron chi connectivity index (χ4n) is 5.08. The molecule has 0 spiro atoms. The number of hydrogen-bond acceptors (Lipinski definition) is 7. The zero-order chi connectivity index (χ0) is 24.8. The van der Waals surface area contributed by atoms with Crippen LogP contribution in [0.3, 0.4) is 0 Å². The number of nitrogens with zero attached hydrogens (tertiary/aromatic N) is 6. The molecule has 0 saturated carbocycles. The zero-order valence-electron chi connectivity index (χ0n) is 19.9. The second-order valence-corrected chi connectivity index (χ2v) is 10.3. The Morgan fingerprint density at radius 1 is 0.973 bits per heavy atom. The highest BCUT2D eigenvalue weighted by Crippen LogP contribution is 2.35. The highest BCUT2D eigenvalue weighted by molar-refractivity contribution is 7.13. The molecule has 1 saturated heterocycles. The van der Waals surface area contributed by atoms with Crippen molar-refractivity contribution in [1.29, 1.82) is 0 Å². The first kappa shape index (κ1) is 22.2. The summed E-state index contributed by atoms with van der Waals surface area (Å²) in [5.41, 5.74) is 5.32. The average Bonchev–Trinajstić information content (AvgIpc) is 3.69. The van der Waals surface area contributed by atoms with Crippen molar-refractivity contribution in [2.75, 3.05) is 13.1 Å². The number of pyridine rings is 3. The van der Waals surface area contributed by atoms with Crippen LogP contribution in [0.4, 0.5) is 4.39 Å². The van der Waals surface area contributed by atoms with E-state index in [-0.39, 0.29) is 5.69 Å². The molecule has 0 atom stereocenters. The van der Waals surface area contributed by atoms with Gasteiger partial charge in [0.25, 0.3) is 0 Å². The normalized spacial score (nSPS) is 14.6. The van der Waals surface area contributed by atoms with Crippen LogP contribution in [0.1, 0.15) is 24.8 Å². The van der Waals surface area contributed by atoms with Crippen LogP contribution in [-0.4, -0.2) is 53.1 Å². The molecule has 1 aliphatic rings. The number of likely N-dealkylation sites (tertiary alicyclic amines) is 1. The molecular formula is C27H23FN8S. The summed E-state index contributed by atoms with van der Waals surface area (Å²) >= 11 is 1.62. The van der Waals surface area contributed by atoms with E-state index in [2.05, 4.69) is 35.0 Å². The predicted molar refractivity (Wildman–Crippen MR) is 142 cm³/mol. The average molecular weight is 511 g/mol. The molecular weight excluding hydrogens is 487 g/mol. The lowest BCUT2D eigenvalue weighted by Gasteiger charge is -2.26. The maximum Gasteiger partial charge on any atom is 0.161 e. The Balaban J connectivity index is 1.30. The monoisotopic (exact) mass is 510 g/mol. The maximum absolute atomic E-state index is 16.1. The number of piperidine rings is 1. The van der Waals surface area contributed by atoms with Gasteiger partial charge in [0, 0.05) is 41.1 Å². The molecule has 0 radical (unpaired) electrons. The zero-order valence-corrected chi connectivity index (χ0v) is 20.7. The predicted octanol–water partition coefficient (Wildman–Crippen LogP) is 5.81. The fourth-order valence-corrected chi connectivity index (χ4v) is 5.82. The van der Waals surface area contributed by atoms with Crippen LogP contribution in [0.5, 0.6) is 0 Å². The van der Waals surface area contributed by atoms with Gasteiger partial charge in [-0.15, -0.1) is 11.3 Å². The smallest absolute Gasteiger partial charge is 0.161 e. The lowest BCUT2D eigenvalue weighted by atomic mass is 10.1. The van der Waals surface area contributed by atoms with E-state index in [9.17, 15) is 0 Å². The van der Waals surface area contributed by atoms with Crippen LogP contribution < -0.4 is 0 Å². The second-order valence-electron chi connectivity index (χ2n) is 9.35. The molecule has 184 valence electrons. The standard InChI is InChI=1S/C27H23FN8S/c28-23-22-19(14-31-24(23)17-9-16(10-29-11-17)15-36-6-2-1-3-7-36)34-35-26(22)27-32-20-13-30-12-18(25(20)33-27)21-5-4-8-37-21/h4-5,8-14H,1-3,6-7,15H2,(H,32,33)(H,34,35). The van der Waals surface area contributed by atoms with Gasteiger partial charge in [0.2, 0.25) is 0 Å². The number of thiophene rings is 1. The number of aromatic nitrogens is 7. The van der Waals surface area contributed by atoms with Gasteiger partial charge in [0.1, 0.15) is 16.9 Å². The van der Waals surface area contributed by atoms with E-state index in [1.807, 2.05) is 29.8 Å². The fraction of sp³-hybridized carbons (Fsp3) is 0.222. The van der Waals surface area contributed by atoms with Crippen LogP contribution >= 0.6 is 11.3 Å². The third-order valence-corrected chi connectivity index (χ3v) is 7.78. The van der Waals surface area contributed by atoms with Gasteiger partial charge in [-0.25, -0.2) is 9.37 Å². The van der Waals surface area contributed by atoms with E-state index in [4.69, 9.17) is 4.98 Å². The lowest BCUT2D eigenvalue weighted by Crippen LogP contribution is -2.29. The van der Waals surface area contributed by atoms with Gasteiger partial charge in [-0.05, 0) is 49.0 Å². The lowest BCUT2D eigenvalue weighted by molar-refractivity contribution is 0.220. The molecule has 1 fully saturated rings. The summed E-state index contributed by atoms with van der Waals surface area (Å²) in [5.74, 6) is 0.0234. The van der Waals surface area contributed by atoms with Gasteiger partial charge in [0.15, 0.2) is 11.6 Å². The van der Waals surface area contributed by atoms with Crippen molar-refractivity contribution in [1.82, 2.24) is 40.0 Å². The molecule has 0 aromatic carbocycles.